The van der Waals surface area contributed by atoms with Gasteiger partial charge in [0.1, 0.15) is 12.4 Å². The van der Waals surface area contributed by atoms with Gasteiger partial charge in [-0.2, -0.15) is 11.8 Å². The van der Waals surface area contributed by atoms with Crippen molar-refractivity contribution < 1.29 is 4.57 Å². The van der Waals surface area contributed by atoms with E-state index in [0.29, 0.717) is 0 Å². The van der Waals surface area contributed by atoms with Gasteiger partial charge in [-0.3, -0.25) is 0 Å². The number of rotatable bonds is 7. The fourth-order valence-corrected chi connectivity index (χ4v) is 2.10. The molecule has 0 atom stereocenters. The summed E-state index contributed by atoms with van der Waals surface area (Å²) in [6, 6.07) is 0. The predicted molar refractivity (Wildman–Crippen MR) is 62.5 cm³/mol. The molecule has 14 heavy (non-hydrogen) atoms. The molecule has 3 heteroatoms. The number of aryl methyl sites for hydroxylation is 2. The molecule has 0 radical (unpaired) electrons. The molecule has 1 aromatic rings. The van der Waals surface area contributed by atoms with E-state index in [2.05, 4.69) is 41.7 Å². The zero-order valence-corrected chi connectivity index (χ0v) is 10.1. The van der Waals surface area contributed by atoms with Gasteiger partial charge in [0.15, 0.2) is 0 Å². The fraction of sp³-hybridized carbons (Fsp3) is 0.727. The van der Waals surface area contributed by atoms with Crippen LogP contribution in [-0.4, -0.2) is 16.1 Å². The highest BCUT2D eigenvalue weighted by atomic mass is 32.2. The van der Waals surface area contributed by atoms with Crippen molar-refractivity contribution in [2.75, 3.05) is 11.5 Å². The number of hydrogen-bond donors (Lipinski definition) is 0. The van der Waals surface area contributed by atoms with E-state index in [4.69, 9.17) is 0 Å². The largest absolute Gasteiger partial charge is 0.243 e. The average molecular weight is 213 g/mol. The molecule has 0 spiro atoms. The van der Waals surface area contributed by atoms with Crippen LogP contribution >= 0.6 is 11.8 Å². The molecular weight excluding hydrogens is 192 g/mol. The first-order chi connectivity index (χ1) is 6.86. The molecule has 0 unspecified atom stereocenters. The molecule has 1 heterocycles. The van der Waals surface area contributed by atoms with Crippen LogP contribution in [0.4, 0.5) is 0 Å². The molecule has 1 rings (SSSR count). The molecule has 0 bridgehead atoms. The van der Waals surface area contributed by atoms with E-state index in [1.807, 2.05) is 11.8 Å². The quantitative estimate of drug-likeness (QED) is 0.499. The van der Waals surface area contributed by atoms with Crippen molar-refractivity contribution in [3.05, 3.63) is 18.7 Å². The zero-order chi connectivity index (χ0) is 10.2. The lowest BCUT2D eigenvalue weighted by Gasteiger charge is -1.97. The van der Waals surface area contributed by atoms with E-state index in [9.17, 15) is 0 Å². The second-order valence-corrected chi connectivity index (χ2v) is 4.78. The summed E-state index contributed by atoms with van der Waals surface area (Å²) in [6.07, 6.45) is 9.12. The molecule has 80 valence electrons. The van der Waals surface area contributed by atoms with Gasteiger partial charge in [0.2, 0.25) is 6.33 Å². The summed E-state index contributed by atoms with van der Waals surface area (Å²) in [4.78, 5) is 0. The summed E-state index contributed by atoms with van der Waals surface area (Å²) in [5.41, 5.74) is 0. The Morgan fingerprint density at radius 1 is 1.29 bits per heavy atom. The smallest absolute Gasteiger partial charge is 0.237 e. The third-order valence-electron chi connectivity index (χ3n) is 2.27. The van der Waals surface area contributed by atoms with Crippen LogP contribution < -0.4 is 4.57 Å². The molecule has 1 aromatic heterocycles. The highest BCUT2D eigenvalue weighted by molar-refractivity contribution is 7.99. The lowest BCUT2D eigenvalue weighted by Crippen LogP contribution is -2.30. The van der Waals surface area contributed by atoms with Gasteiger partial charge in [-0.05, 0) is 31.3 Å². The van der Waals surface area contributed by atoms with Gasteiger partial charge >= 0.3 is 0 Å². The van der Waals surface area contributed by atoms with Gasteiger partial charge in [0, 0.05) is 0 Å². The molecule has 2 nitrogen and oxygen atoms in total. The summed E-state index contributed by atoms with van der Waals surface area (Å²) >= 11 is 2.04. The number of hydrogen-bond acceptors (Lipinski definition) is 1. The molecule has 0 aliphatic heterocycles. The minimum Gasteiger partial charge on any atom is -0.237 e. The Kier molecular flexibility index (Phi) is 5.76. The van der Waals surface area contributed by atoms with E-state index < -0.39 is 0 Å². The highest BCUT2D eigenvalue weighted by Crippen LogP contribution is 2.02. The minimum absolute atomic E-state index is 1.07. The lowest BCUT2D eigenvalue weighted by atomic mass is 10.3. The Morgan fingerprint density at radius 3 is 2.79 bits per heavy atom. The van der Waals surface area contributed by atoms with Crippen LogP contribution in [0, 0.1) is 0 Å². The van der Waals surface area contributed by atoms with Gasteiger partial charge < -0.3 is 0 Å². The maximum Gasteiger partial charge on any atom is 0.243 e. The molecule has 0 amide bonds. The van der Waals surface area contributed by atoms with E-state index >= 15 is 0 Å². The number of aromatic nitrogens is 2. The van der Waals surface area contributed by atoms with Crippen molar-refractivity contribution in [2.24, 2.45) is 0 Å². The molecule has 0 aromatic carbocycles. The van der Waals surface area contributed by atoms with Crippen molar-refractivity contribution in [1.29, 1.82) is 0 Å². The van der Waals surface area contributed by atoms with Crippen molar-refractivity contribution >= 4 is 11.8 Å². The summed E-state index contributed by atoms with van der Waals surface area (Å²) < 4.78 is 4.49. The lowest BCUT2D eigenvalue weighted by molar-refractivity contribution is -0.696. The van der Waals surface area contributed by atoms with Crippen LogP contribution in [0.5, 0.6) is 0 Å². The third kappa shape index (κ3) is 4.18. The molecule has 0 fully saturated rings. The van der Waals surface area contributed by atoms with Crippen LogP contribution in [0.2, 0.25) is 0 Å². The van der Waals surface area contributed by atoms with E-state index in [1.165, 1.54) is 24.3 Å². The van der Waals surface area contributed by atoms with E-state index in [-0.39, 0.29) is 0 Å². The SMILES string of the molecule is CCSCCCC[n+]1ccn(CC)c1. The first kappa shape index (κ1) is 11.6. The van der Waals surface area contributed by atoms with Crippen LogP contribution in [0.1, 0.15) is 26.7 Å². The normalized spacial score (nSPS) is 10.7. The first-order valence-electron chi connectivity index (χ1n) is 5.49. The maximum atomic E-state index is 2.28. The Morgan fingerprint density at radius 2 is 2.14 bits per heavy atom. The fourth-order valence-electron chi connectivity index (χ4n) is 1.40. The van der Waals surface area contributed by atoms with Crippen molar-refractivity contribution in [3.63, 3.8) is 0 Å². The van der Waals surface area contributed by atoms with Crippen molar-refractivity contribution in [2.45, 2.75) is 39.8 Å². The second-order valence-electron chi connectivity index (χ2n) is 3.39. The van der Waals surface area contributed by atoms with E-state index in [0.717, 1.165) is 13.1 Å². The van der Waals surface area contributed by atoms with Gasteiger partial charge in [0.05, 0.1) is 13.1 Å². The van der Waals surface area contributed by atoms with Gasteiger partial charge in [-0.1, -0.05) is 6.92 Å². The Hall–Kier alpha value is -0.440. The summed E-state index contributed by atoms with van der Waals surface area (Å²) in [5.74, 6) is 2.56. The molecule has 0 aliphatic carbocycles. The first-order valence-corrected chi connectivity index (χ1v) is 6.64. The monoisotopic (exact) mass is 213 g/mol. The maximum absolute atomic E-state index is 2.28. The van der Waals surface area contributed by atoms with Gasteiger partial charge in [-0.15, -0.1) is 0 Å². The summed E-state index contributed by atoms with van der Waals surface area (Å²) in [6.45, 7) is 6.62. The molecule has 0 saturated heterocycles. The predicted octanol–water partition coefficient (Wildman–Crippen LogP) is 2.33. The van der Waals surface area contributed by atoms with Crippen LogP contribution in [-0.2, 0) is 13.1 Å². The standard InChI is InChI=1S/C11H21N2S/c1-3-12-8-9-13(11-12)7-5-6-10-14-4-2/h8-9,11H,3-7,10H2,1-2H3/q+1. The summed E-state index contributed by atoms with van der Waals surface area (Å²) in [7, 11) is 0. The van der Waals surface area contributed by atoms with Crippen molar-refractivity contribution in [3.8, 4) is 0 Å². The Balaban J connectivity index is 2.12. The number of nitrogens with zero attached hydrogens (tertiary/aromatic N) is 2. The average Bonchev–Trinajstić information content (AvgIpc) is 2.65. The number of thioether (sulfide) groups is 1. The van der Waals surface area contributed by atoms with E-state index in [1.54, 1.807) is 0 Å². The second kappa shape index (κ2) is 6.93. The van der Waals surface area contributed by atoms with Crippen molar-refractivity contribution in [1.82, 2.24) is 4.57 Å². The summed E-state index contributed by atoms with van der Waals surface area (Å²) in [5, 5.41) is 0. The van der Waals surface area contributed by atoms with Gasteiger partial charge in [0.25, 0.3) is 0 Å². The Labute approximate surface area is 91.3 Å². The molecular formula is C11H21N2S+. The highest BCUT2D eigenvalue weighted by Gasteiger charge is 2.00. The zero-order valence-electron chi connectivity index (χ0n) is 9.28. The minimum atomic E-state index is 1.07. The van der Waals surface area contributed by atoms with Crippen LogP contribution in [0.25, 0.3) is 0 Å². The van der Waals surface area contributed by atoms with Gasteiger partial charge in [-0.25, -0.2) is 9.13 Å². The molecule has 0 N–H and O–H groups in total. The topological polar surface area (TPSA) is 8.81 Å². The molecule has 0 aliphatic rings. The number of unbranched alkanes of at least 4 members (excludes halogenated alkanes) is 1. The van der Waals surface area contributed by atoms with Crippen LogP contribution in [0.15, 0.2) is 18.7 Å². The van der Waals surface area contributed by atoms with Crippen LogP contribution in [0.3, 0.4) is 0 Å². The number of imidazole rings is 1. The third-order valence-corrected chi connectivity index (χ3v) is 3.26. The Bertz CT molecular complexity index is 245. The molecule has 0 saturated carbocycles.